The van der Waals surface area contributed by atoms with Crippen LogP contribution in [0.5, 0.6) is 0 Å². The zero-order chi connectivity index (χ0) is 21.1. The highest BCUT2D eigenvalue weighted by Crippen LogP contribution is 2.27. The molecule has 0 unspecified atom stereocenters. The van der Waals surface area contributed by atoms with E-state index in [4.69, 9.17) is 5.10 Å². The third kappa shape index (κ3) is 4.17. The number of aromatic nitrogens is 2. The van der Waals surface area contributed by atoms with Crippen LogP contribution in [-0.2, 0) is 0 Å². The lowest BCUT2D eigenvalue weighted by Crippen LogP contribution is -2.48. The Balaban J connectivity index is 1.70. The Bertz CT molecular complexity index is 984. The van der Waals surface area contributed by atoms with Crippen molar-refractivity contribution < 1.29 is 4.79 Å². The van der Waals surface area contributed by atoms with Crippen LogP contribution in [0.3, 0.4) is 0 Å². The van der Waals surface area contributed by atoms with Gasteiger partial charge in [-0.25, -0.2) is 4.68 Å². The summed E-state index contributed by atoms with van der Waals surface area (Å²) in [5.41, 5.74) is 4.63. The van der Waals surface area contributed by atoms with Crippen LogP contribution in [0.2, 0.25) is 0 Å². The van der Waals surface area contributed by atoms with E-state index in [0.29, 0.717) is 11.5 Å². The van der Waals surface area contributed by atoms with Crippen LogP contribution in [0.25, 0.3) is 16.9 Å². The highest BCUT2D eigenvalue weighted by molar-refractivity contribution is 6.00. The maximum atomic E-state index is 13.5. The average Bonchev–Trinajstić information content (AvgIpc) is 3.25. The summed E-state index contributed by atoms with van der Waals surface area (Å²) in [6, 6.07) is 18.4. The van der Waals surface area contributed by atoms with Crippen molar-refractivity contribution in [3.05, 3.63) is 71.9 Å². The number of hydrogen-bond donors (Lipinski definition) is 0. The van der Waals surface area contributed by atoms with Crippen molar-refractivity contribution in [1.29, 1.82) is 0 Å². The van der Waals surface area contributed by atoms with Gasteiger partial charge in [-0.05, 0) is 30.2 Å². The monoisotopic (exact) mass is 402 g/mol. The molecule has 4 rings (SSSR count). The van der Waals surface area contributed by atoms with Gasteiger partial charge >= 0.3 is 0 Å². The fraction of sp³-hybridized carbons (Fsp3) is 0.360. The van der Waals surface area contributed by atoms with E-state index in [1.54, 1.807) is 0 Å². The summed E-state index contributed by atoms with van der Waals surface area (Å²) < 4.78 is 1.82. The second-order valence-corrected chi connectivity index (χ2v) is 8.17. The second-order valence-electron chi connectivity index (χ2n) is 8.17. The van der Waals surface area contributed by atoms with Crippen molar-refractivity contribution in [1.82, 2.24) is 19.6 Å². The maximum Gasteiger partial charge on any atom is 0.257 e. The zero-order valence-corrected chi connectivity index (χ0v) is 18.1. The number of amides is 1. The number of nitrogens with zero attached hydrogens (tertiary/aromatic N) is 4. The summed E-state index contributed by atoms with van der Waals surface area (Å²) in [4.78, 5) is 17.8. The van der Waals surface area contributed by atoms with Gasteiger partial charge in [0, 0.05) is 37.9 Å². The molecule has 1 saturated heterocycles. The van der Waals surface area contributed by atoms with E-state index in [1.165, 1.54) is 5.56 Å². The minimum absolute atomic E-state index is 0.0656. The first-order valence-corrected chi connectivity index (χ1v) is 10.8. The number of likely N-dealkylation sites (N-methyl/N-ethyl adjacent to an activating group) is 1. The summed E-state index contributed by atoms with van der Waals surface area (Å²) in [6.45, 7) is 10.9. The number of rotatable bonds is 5. The molecule has 1 amide bonds. The minimum Gasteiger partial charge on any atom is -0.336 e. The summed E-state index contributed by atoms with van der Waals surface area (Å²) in [7, 11) is 0. The number of para-hydroxylation sites is 1. The second kappa shape index (κ2) is 8.84. The molecule has 0 N–H and O–H groups in total. The van der Waals surface area contributed by atoms with Gasteiger partial charge in [-0.15, -0.1) is 0 Å². The molecule has 2 heterocycles. The standard InChI is InChI=1S/C25H30N4O/c1-4-27-14-16-28(17-15-27)25(30)23-18-29(22-8-6-5-7-9-22)26-24(23)21-12-10-20(11-13-21)19(2)3/h5-13,18-19H,4,14-17H2,1-3H3. The van der Waals surface area contributed by atoms with E-state index in [2.05, 4.69) is 49.9 Å². The van der Waals surface area contributed by atoms with Crippen LogP contribution >= 0.6 is 0 Å². The van der Waals surface area contributed by atoms with Crippen molar-refractivity contribution in [2.45, 2.75) is 26.7 Å². The molecule has 0 saturated carbocycles. The Morgan fingerprint density at radius 2 is 1.63 bits per heavy atom. The summed E-state index contributed by atoms with van der Waals surface area (Å²) in [5, 5.41) is 4.83. The van der Waals surface area contributed by atoms with E-state index < -0.39 is 0 Å². The smallest absolute Gasteiger partial charge is 0.257 e. The van der Waals surface area contributed by atoms with Gasteiger partial charge in [0.2, 0.25) is 0 Å². The van der Waals surface area contributed by atoms with Crippen LogP contribution in [-0.4, -0.2) is 58.2 Å². The van der Waals surface area contributed by atoms with Crippen molar-refractivity contribution in [3.8, 4) is 16.9 Å². The van der Waals surface area contributed by atoms with Gasteiger partial charge in [-0.2, -0.15) is 5.10 Å². The first kappa shape index (κ1) is 20.4. The topological polar surface area (TPSA) is 41.4 Å². The number of piperazine rings is 1. The third-order valence-corrected chi connectivity index (χ3v) is 5.92. The molecule has 0 spiro atoms. The van der Waals surface area contributed by atoms with Gasteiger partial charge in [-0.1, -0.05) is 63.2 Å². The molecule has 1 aromatic heterocycles. The summed E-state index contributed by atoms with van der Waals surface area (Å²) in [6.07, 6.45) is 1.88. The Morgan fingerprint density at radius 1 is 0.967 bits per heavy atom. The Labute approximate surface area is 178 Å². The van der Waals surface area contributed by atoms with E-state index in [0.717, 1.165) is 49.7 Å². The Morgan fingerprint density at radius 3 is 2.23 bits per heavy atom. The lowest BCUT2D eigenvalue weighted by atomic mass is 9.99. The largest absolute Gasteiger partial charge is 0.336 e. The van der Waals surface area contributed by atoms with Gasteiger partial charge < -0.3 is 9.80 Å². The lowest BCUT2D eigenvalue weighted by molar-refractivity contribution is 0.0644. The quantitative estimate of drug-likeness (QED) is 0.634. The molecule has 3 aromatic rings. The molecule has 0 bridgehead atoms. The van der Waals surface area contributed by atoms with Crippen molar-refractivity contribution in [2.24, 2.45) is 0 Å². The van der Waals surface area contributed by atoms with Crippen LogP contribution in [0.4, 0.5) is 0 Å². The zero-order valence-electron chi connectivity index (χ0n) is 18.1. The van der Waals surface area contributed by atoms with Crippen LogP contribution < -0.4 is 0 Å². The fourth-order valence-corrected chi connectivity index (χ4v) is 3.92. The Hall–Kier alpha value is -2.92. The first-order chi connectivity index (χ1) is 14.6. The van der Waals surface area contributed by atoms with Gasteiger partial charge in [0.25, 0.3) is 5.91 Å². The van der Waals surface area contributed by atoms with Crippen LogP contribution in [0.15, 0.2) is 60.8 Å². The molecule has 1 aliphatic heterocycles. The molecule has 30 heavy (non-hydrogen) atoms. The van der Waals surface area contributed by atoms with Gasteiger partial charge in [-0.3, -0.25) is 4.79 Å². The van der Waals surface area contributed by atoms with Crippen LogP contribution in [0, 0.1) is 0 Å². The van der Waals surface area contributed by atoms with Crippen molar-refractivity contribution in [3.63, 3.8) is 0 Å². The summed E-state index contributed by atoms with van der Waals surface area (Å²) in [5.74, 6) is 0.535. The number of carbonyl (C=O) groups excluding carboxylic acids is 1. The molecule has 2 aromatic carbocycles. The molecule has 1 fully saturated rings. The third-order valence-electron chi connectivity index (χ3n) is 5.92. The normalized spacial score (nSPS) is 15.0. The van der Waals surface area contributed by atoms with Crippen molar-refractivity contribution in [2.75, 3.05) is 32.7 Å². The van der Waals surface area contributed by atoms with Gasteiger partial charge in [0.15, 0.2) is 0 Å². The van der Waals surface area contributed by atoms with Crippen molar-refractivity contribution >= 4 is 5.91 Å². The predicted octanol–water partition coefficient (Wildman–Crippen LogP) is 4.44. The fourth-order valence-electron chi connectivity index (χ4n) is 3.92. The molecular formula is C25H30N4O. The summed E-state index contributed by atoms with van der Waals surface area (Å²) >= 11 is 0. The SMILES string of the molecule is CCN1CCN(C(=O)c2cn(-c3ccccc3)nc2-c2ccc(C(C)C)cc2)CC1. The molecule has 0 radical (unpaired) electrons. The van der Waals surface area contributed by atoms with E-state index >= 15 is 0 Å². The highest BCUT2D eigenvalue weighted by atomic mass is 16.2. The molecular weight excluding hydrogens is 372 g/mol. The molecule has 0 atom stereocenters. The Kier molecular flexibility index (Phi) is 6.00. The number of hydrogen-bond acceptors (Lipinski definition) is 3. The molecule has 156 valence electrons. The molecule has 5 nitrogen and oxygen atoms in total. The van der Waals surface area contributed by atoms with Crippen LogP contribution in [0.1, 0.15) is 42.6 Å². The average molecular weight is 403 g/mol. The first-order valence-electron chi connectivity index (χ1n) is 10.8. The highest BCUT2D eigenvalue weighted by Gasteiger charge is 2.26. The molecule has 1 aliphatic rings. The number of carbonyl (C=O) groups is 1. The minimum atomic E-state index is 0.0656. The van der Waals surface area contributed by atoms with Gasteiger partial charge in [0.1, 0.15) is 5.69 Å². The number of benzene rings is 2. The molecule has 5 heteroatoms. The maximum absolute atomic E-state index is 13.5. The van der Waals surface area contributed by atoms with E-state index in [1.807, 2.05) is 46.1 Å². The van der Waals surface area contributed by atoms with E-state index in [9.17, 15) is 4.79 Å². The van der Waals surface area contributed by atoms with E-state index in [-0.39, 0.29) is 5.91 Å². The molecule has 0 aliphatic carbocycles. The predicted molar refractivity (Wildman–Crippen MR) is 121 cm³/mol. The lowest BCUT2D eigenvalue weighted by Gasteiger charge is -2.34. The van der Waals surface area contributed by atoms with Gasteiger partial charge in [0.05, 0.1) is 11.3 Å².